The van der Waals surface area contributed by atoms with E-state index in [-0.39, 0.29) is 17.4 Å². The van der Waals surface area contributed by atoms with Crippen LogP contribution in [0.5, 0.6) is 0 Å². The fourth-order valence-electron chi connectivity index (χ4n) is 5.55. The highest BCUT2D eigenvalue weighted by Crippen LogP contribution is 2.39. The van der Waals surface area contributed by atoms with Crippen LogP contribution in [-0.2, 0) is 29.2 Å². The number of aryl methyl sites for hydroxylation is 2. The molecule has 9 heteroatoms. The minimum absolute atomic E-state index is 0.0750. The lowest BCUT2D eigenvalue weighted by atomic mass is 9.90. The van der Waals surface area contributed by atoms with E-state index in [1.165, 1.54) is 0 Å². The van der Waals surface area contributed by atoms with Crippen molar-refractivity contribution in [3.63, 3.8) is 0 Å². The number of nitrogens with zero attached hydrogens (tertiary/aromatic N) is 5. The summed E-state index contributed by atoms with van der Waals surface area (Å²) < 4.78 is 7.34. The highest BCUT2D eigenvalue weighted by atomic mass is 16.3. The van der Waals surface area contributed by atoms with Crippen LogP contribution in [-0.4, -0.2) is 46.4 Å². The minimum Gasteiger partial charge on any atom is -0.461 e. The van der Waals surface area contributed by atoms with Gasteiger partial charge >= 0.3 is 0 Å². The smallest absolute Gasteiger partial charge is 0.261 e. The average Bonchev–Trinajstić information content (AvgIpc) is 3.33. The van der Waals surface area contributed by atoms with E-state index in [0.29, 0.717) is 55.1 Å². The summed E-state index contributed by atoms with van der Waals surface area (Å²) in [6, 6.07) is 11.6. The van der Waals surface area contributed by atoms with E-state index in [1.807, 2.05) is 50.4 Å². The SMILES string of the molecule is CCN1C(=O)C(C)(C)C(=O)N(C)c2cc(CN(CCn3ccc4oc(C)cc4c3=O)Cc3cnccc3C)ccc21. The molecule has 0 saturated heterocycles. The van der Waals surface area contributed by atoms with Crippen LogP contribution in [0.2, 0.25) is 0 Å². The molecule has 0 N–H and O–H groups in total. The number of anilines is 2. The number of benzene rings is 1. The predicted molar refractivity (Wildman–Crippen MR) is 160 cm³/mol. The Morgan fingerprint density at radius 2 is 1.76 bits per heavy atom. The van der Waals surface area contributed by atoms with Crippen molar-refractivity contribution in [1.82, 2.24) is 14.5 Å². The zero-order chi connectivity index (χ0) is 29.5. The van der Waals surface area contributed by atoms with E-state index >= 15 is 0 Å². The van der Waals surface area contributed by atoms with Gasteiger partial charge in [-0.1, -0.05) is 6.07 Å². The van der Waals surface area contributed by atoms with Gasteiger partial charge in [-0.15, -0.1) is 0 Å². The van der Waals surface area contributed by atoms with Crippen molar-refractivity contribution in [2.45, 2.75) is 54.3 Å². The first-order chi connectivity index (χ1) is 19.5. The Morgan fingerprint density at radius 1 is 0.976 bits per heavy atom. The molecular weight excluding hydrogens is 518 g/mol. The number of hydrogen-bond acceptors (Lipinski definition) is 6. The largest absolute Gasteiger partial charge is 0.461 e. The Morgan fingerprint density at radius 3 is 2.49 bits per heavy atom. The van der Waals surface area contributed by atoms with Crippen LogP contribution >= 0.6 is 0 Å². The zero-order valence-electron chi connectivity index (χ0n) is 24.6. The van der Waals surface area contributed by atoms with Gasteiger partial charge < -0.3 is 18.8 Å². The number of furan rings is 1. The Bertz CT molecular complexity index is 1690. The molecular formula is C32H37N5O4. The molecule has 0 atom stereocenters. The standard InChI is InChI=1S/C32H37N5O4/c1-7-37-26-9-8-23(17-27(26)34(6)30(39)32(4,5)31(37)40)19-35(20-24-18-33-12-10-21(24)2)14-15-36-13-11-28-25(29(36)38)16-22(3)41-28/h8-13,16-18H,7,14-15,19-20H2,1-6H3. The summed E-state index contributed by atoms with van der Waals surface area (Å²) in [4.78, 5) is 49.6. The van der Waals surface area contributed by atoms with E-state index in [0.717, 1.165) is 22.4 Å². The molecule has 4 aromatic rings. The van der Waals surface area contributed by atoms with E-state index < -0.39 is 5.41 Å². The molecule has 214 valence electrons. The van der Waals surface area contributed by atoms with Gasteiger partial charge in [0, 0.05) is 58.4 Å². The molecule has 5 rings (SSSR count). The molecule has 41 heavy (non-hydrogen) atoms. The summed E-state index contributed by atoms with van der Waals surface area (Å²) in [7, 11) is 1.73. The highest BCUT2D eigenvalue weighted by Gasteiger charge is 2.45. The highest BCUT2D eigenvalue weighted by molar-refractivity contribution is 6.19. The number of carbonyl (C=O) groups is 2. The van der Waals surface area contributed by atoms with Crippen molar-refractivity contribution >= 4 is 34.2 Å². The number of fused-ring (bicyclic) bond motifs is 2. The molecule has 0 unspecified atom stereocenters. The molecule has 1 aliphatic heterocycles. The fraction of sp³-hybridized carbons (Fsp3) is 0.375. The molecule has 9 nitrogen and oxygen atoms in total. The monoisotopic (exact) mass is 555 g/mol. The number of rotatable bonds is 8. The summed E-state index contributed by atoms with van der Waals surface area (Å²) in [5, 5.41) is 0.580. The normalized spacial score (nSPS) is 15.1. The van der Waals surface area contributed by atoms with Gasteiger partial charge in [0.1, 0.15) is 16.8 Å². The van der Waals surface area contributed by atoms with Gasteiger partial charge in [-0.25, -0.2) is 0 Å². The second kappa shape index (κ2) is 11.0. The van der Waals surface area contributed by atoms with E-state index in [9.17, 15) is 14.4 Å². The molecule has 2 amide bonds. The van der Waals surface area contributed by atoms with Crippen LogP contribution < -0.4 is 15.4 Å². The van der Waals surface area contributed by atoms with Crippen molar-refractivity contribution in [1.29, 1.82) is 0 Å². The molecule has 1 aliphatic rings. The third kappa shape index (κ3) is 5.29. The topological polar surface area (TPSA) is 91.9 Å². The first-order valence-electron chi connectivity index (χ1n) is 14.0. The molecule has 0 saturated carbocycles. The molecule has 0 spiro atoms. The summed E-state index contributed by atoms with van der Waals surface area (Å²) >= 11 is 0. The Kier molecular flexibility index (Phi) is 7.57. The first-order valence-corrected chi connectivity index (χ1v) is 14.0. The van der Waals surface area contributed by atoms with E-state index in [1.54, 1.807) is 53.7 Å². The van der Waals surface area contributed by atoms with Crippen molar-refractivity contribution in [2.24, 2.45) is 5.41 Å². The lowest BCUT2D eigenvalue weighted by Crippen LogP contribution is -2.47. The van der Waals surface area contributed by atoms with Gasteiger partial charge in [-0.05, 0) is 81.6 Å². The second-order valence-corrected chi connectivity index (χ2v) is 11.3. The number of aromatic nitrogens is 2. The van der Waals surface area contributed by atoms with Crippen LogP contribution in [0.15, 0.2) is 64.2 Å². The van der Waals surface area contributed by atoms with Crippen LogP contribution in [0.4, 0.5) is 11.4 Å². The van der Waals surface area contributed by atoms with Crippen LogP contribution in [0, 0.1) is 19.3 Å². The van der Waals surface area contributed by atoms with Crippen molar-refractivity contribution in [2.75, 3.05) is 29.9 Å². The molecule has 0 fully saturated rings. The Hall–Kier alpha value is -4.24. The van der Waals surface area contributed by atoms with Gasteiger partial charge in [0.25, 0.3) is 5.56 Å². The van der Waals surface area contributed by atoms with Gasteiger partial charge in [0.15, 0.2) is 0 Å². The number of amides is 2. The second-order valence-electron chi connectivity index (χ2n) is 11.3. The average molecular weight is 556 g/mol. The van der Waals surface area contributed by atoms with Crippen molar-refractivity contribution in [3.05, 3.63) is 87.8 Å². The zero-order valence-corrected chi connectivity index (χ0v) is 24.6. The maximum Gasteiger partial charge on any atom is 0.261 e. The molecule has 4 heterocycles. The van der Waals surface area contributed by atoms with Crippen molar-refractivity contribution in [3.8, 4) is 0 Å². The minimum atomic E-state index is -1.16. The van der Waals surface area contributed by atoms with Gasteiger partial charge in [0.2, 0.25) is 11.8 Å². The van der Waals surface area contributed by atoms with Gasteiger partial charge in [0.05, 0.1) is 16.8 Å². The third-order valence-corrected chi connectivity index (χ3v) is 8.01. The lowest BCUT2D eigenvalue weighted by Gasteiger charge is -2.27. The number of carbonyl (C=O) groups excluding carboxylic acids is 2. The molecule has 3 aromatic heterocycles. The third-order valence-electron chi connectivity index (χ3n) is 8.01. The Labute approximate surface area is 240 Å². The Balaban J connectivity index is 1.46. The van der Waals surface area contributed by atoms with Crippen LogP contribution in [0.1, 0.15) is 43.2 Å². The van der Waals surface area contributed by atoms with E-state index in [2.05, 4.69) is 16.8 Å². The first kappa shape index (κ1) is 28.3. The molecule has 0 radical (unpaired) electrons. The summed E-state index contributed by atoms with van der Waals surface area (Å²) in [5.74, 6) is 0.276. The number of pyridine rings is 2. The van der Waals surface area contributed by atoms with Gasteiger partial charge in [-0.2, -0.15) is 0 Å². The van der Waals surface area contributed by atoms with Crippen LogP contribution in [0.25, 0.3) is 11.0 Å². The van der Waals surface area contributed by atoms with Gasteiger partial charge in [-0.3, -0.25) is 24.3 Å². The summed E-state index contributed by atoms with van der Waals surface area (Å²) in [6.45, 7) is 12.0. The predicted octanol–water partition coefficient (Wildman–Crippen LogP) is 4.66. The maximum absolute atomic E-state index is 13.3. The van der Waals surface area contributed by atoms with Crippen LogP contribution in [0.3, 0.4) is 0 Å². The maximum atomic E-state index is 13.3. The van der Waals surface area contributed by atoms with Crippen molar-refractivity contribution < 1.29 is 14.0 Å². The lowest BCUT2D eigenvalue weighted by molar-refractivity contribution is -0.137. The molecule has 0 aliphatic carbocycles. The van der Waals surface area contributed by atoms with E-state index in [4.69, 9.17) is 4.42 Å². The molecule has 1 aromatic carbocycles. The molecule has 0 bridgehead atoms. The summed E-state index contributed by atoms with van der Waals surface area (Å²) in [6.07, 6.45) is 5.44. The number of hydrogen-bond donors (Lipinski definition) is 0. The fourth-order valence-corrected chi connectivity index (χ4v) is 5.55. The quantitative estimate of drug-likeness (QED) is 0.294. The summed E-state index contributed by atoms with van der Waals surface area (Å²) in [5.41, 5.74) is 4.05.